The molecular weight excluding hydrogens is 367 g/mol. The Morgan fingerprint density at radius 2 is 1.56 bits per heavy atom. The van der Waals surface area contributed by atoms with E-state index in [1.165, 1.54) is 6.07 Å². The maximum atomic E-state index is 14.7. The van der Waals surface area contributed by atoms with Gasteiger partial charge in [-0.05, 0) is 71.1 Å². The highest BCUT2D eigenvalue weighted by Crippen LogP contribution is 2.38. The number of hydrogen-bond donors (Lipinski definition) is 0. The predicted molar refractivity (Wildman–Crippen MR) is 105 cm³/mol. The maximum Gasteiger partial charge on any atom is 0.261 e. The summed E-state index contributed by atoms with van der Waals surface area (Å²) in [6.07, 6.45) is 2.95. The molecule has 1 aromatic carbocycles. The van der Waals surface area contributed by atoms with E-state index in [1.807, 2.05) is 0 Å². The lowest BCUT2D eigenvalue weighted by atomic mass is 9.93. The van der Waals surface area contributed by atoms with Crippen LogP contribution in [0.15, 0.2) is 23.3 Å². The van der Waals surface area contributed by atoms with Crippen molar-refractivity contribution in [3.05, 3.63) is 39.7 Å². The number of amides is 2. The van der Waals surface area contributed by atoms with Gasteiger partial charge in [-0.1, -0.05) is 11.6 Å². The van der Waals surface area contributed by atoms with Crippen molar-refractivity contribution in [2.24, 2.45) is 0 Å². The molecule has 1 aliphatic carbocycles. The van der Waals surface area contributed by atoms with Gasteiger partial charge in [0.25, 0.3) is 11.8 Å². The molecule has 0 saturated carbocycles. The Morgan fingerprint density at radius 3 is 2.04 bits per heavy atom. The third-order valence-corrected chi connectivity index (χ3v) is 5.78. The highest BCUT2D eigenvalue weighted by Gasteiger charge is 2.41. The fourth-order valence-corrected chi connectivity index (χ4v) is 4.20. The molecule has 146 valence electrons. The van der Waals surface area contributed by atoms with Crippen LogP contribution in [-0.4, -0.2) is 28.8 Å². The summed E-state index contributed by atoms with van der Waals surface area (Å²) in [5.41, 5.74) is 1.81. The molecule has 0 unspecified atom stereocenters. The number of anilines is 1. The number of nitrogens with zero attached hydrogens (tertiary/aromatic N) is 2. The average Bonchev–Trinajstić information content (AvgIpc) is 2.85. The zero-order valence-corrected chi connectivity index (χ0v) is 17.1. The first-order chi connectivity index (χ1) is 12.7. The molecule has 1 aromatic rings. The van der Waals surface area contributed by atoms with Gasteiger partial charge in [0.1, 0.15) is 5.82 Å². The Morgan fingerprint density at radius 1 is 1.04 bits per heavy atom. The molecule has 0 atom stereocenters. The summed E-state index contributed by atoms with van der Waals surface area (Å²) >= 11 is 6.29. The molecule has 2 aliphatic rings. The molecule has 1 heterocycles. The van der Waals surface area contributed by atoms with E-state index in [2.05, 4.69) is 32.6 Å². The number of benzene rings is 1. The van der Waals surface area contributed by atoms with Crippen molar-refractivity contribution in [3.8, 4) is 0 Å². The Hall–Kier alpha value is -1.72. The lowest BCUT2D eigenvalue weighted by molar-refractivity contribution is -0.120. The normalized spacial score (nSPS) is 17.7. The molecule has 6 heteroatoms. The van der Waals surface area contributed by atoms with Crippen molar-refractivity contribution >= 4 is 29.1 Å². The molecule has 0 fully saturated rings. The van der Waals surface area contributed by atoms with Gasteiger partial charge in [0.2, 0.25) is 0 Å². The van der Waals surface area contributed by atoms with E-state index in [0.29, 0.717) is 41.1 Å². The average molecular weight is 393 g/mol. The van der Waals surface area contributed by atoms with Gasteiger partial charge < -0.3 is 0 Å². The highest BCUT2D eigenvalue weighted by molar-refractivity contribution is 6.34. The largest absolute Gasteiger partial charge is 0.294 e. The van der Waals surface area contributed by atoms with Gasteiger partial charge in [-0.25, -0.2) is 9.29 Å². The minimum Gasteiger partial charge on any atom is -0.294 e. The van der Waals surface area contributed by atoms with E-state index in [9.17, 15) is 14.0 Å². The fourth-order valence-electron chi connectivity index (χ4n) is 3.99. The lowest BCUT2D eigenvalue weighted by Gasteiger charge is -2.31. The first-order valence-electron chi connectivity index (χ1n) is 9.56. The second-order valence-corrected chi connectivity index (χ2v) is 8.27. The van der Waals surface area contributed by atoms with Crippen LogP contribution in [0.4, 0.5) is 10.1 Å². The van der Waals surface area contributed by atoms with Crippen LogP contribution in [-0.2, 0) is 16.1 Å². The topological polar surface area (TPSA) is 40.6 Å². The number of imide groups is 1. The lowest BCUT2D eigenvalue weighted by Crippen LogP contribution is -2.36. The number of hydrogen-bond acceptors (Lipinski definition) is 3. The van der Waals surface area contributed by atoms with E-state index >= 15 is 0 Å². The molecule has 3 rings (SSSR count). The van der Waals surface area contributed by atoms with Gasteiger partial charge in [-0.2, -0.15) is 0 Å². The van der Waals surface area contributed by atoms with E-state index in [1.54, 1.807) is 6.07 Å². The van der Waals surface area contributed by atoms with Gasteiger partial charge >= 0.3 is 0 Å². The summed E-state index contributed by atoms with van der Waals surface area (Å²) in [6, 6.07) is 3.32. The van der Waals surface area contributed by atoms with Crippen molar-refractivity contribution < 1.29 is 14.0 Å². The second-order valence-electron chi connectivity index (χ2n) is 7.86. The Labute approximate surface area is 165 Å². The second kappa shape index (κ2) is 7.72. The standard InChI is InChI=1S/C21H26ClFN2O2/c1-12(2)24(13(3)4)11-14-9-19(18(23)10-17(14)22)25-20(26)15-7-5-6-8-16(15)21(25)27/h9-10,12-13H,5-8,11H2,1-4H3. The zero-order valence-electron chi connectivity index (χ0n) is 16.3. The summed E-state index contributed by atoms with van der Waals surface area (Å²) in [4.78, 5) is 28.8. The van der Waals surface area contributed by atoms with Crippen LogP contribution < -0.4 is 4.90 Å². The summed E-state index contributed by atoms with van der Waals surface area (Å²) in [6.45, 7) is 8.87. The van der Waals surface area contributed by atoms with E-state index in [0.717, 1.165) is 17.7 Å². The molecule has 0 saturated heterocycles. The maximum absolute atomic E-state index is 14.7. The van der Waals surface area contributed by atoms with Crippen LogP contribution in [0.25, 0.3) is 0 Å². The molecule has 0 spiro atoms. The van der Waals surface area contributed by atoms with Crippen LogP contribution in [0.2, 0.25) is 5.02 Å². The summed E-state index contributed by atoms with van der Waals surface area (Å²) in [7, 11) is 0. The molecular formula is C21H26ClFN2O2. The van der Waals surface area contributed by atoms with Gasteiger partial charge in [-0.15, -0.1) is 0 Å². The fraction of sp³-hybridized carbons (Fsp3) is 0.524. The highest BCUT2D eigenvalue weighted by atomic mass is 35.5. The number of halogens is 2. The van der Waals surface area contributed by atoms with E-state index < -0.39 is 5.82 Å². The first-order valence-corrected chi connectivity index (χ1v) is 9.94. The van der Waals surface area contributed by atoms with Crippen LogP contribution in [0.3, 0.4) is 0 Å². The SMILES string of the molecule is CC(C)N(Cc1cc(N2C(=O)C3=C(CCCC3)C2=O)c(F)cc1Cl)C(C)C. The molecule has 0 bridgehead atoms. The summed E-state index contributed by atoms with van der Waals surface area (Å²) in [5.74, 6) is -1.41. The monoisotopic (exact) mass is 392 g/mol. The Kier molecular flexibility index (Phi) is 5.73. The first kappa shape index (κ1) is 20.0. The molecule has 0 radical (unpaired) electrons. The minimum atomic E-state index is -0.647. The Bertz CT molecular complexity index is 781. The van der Waals surface area contributed by atoms with Crippen molar-refractivity contribution in [3.63, 3.8) is 0 Å². The van der Waals surface area contributed by atoms with Crippen LogP contribution >= 0.6 is 11.6 Å². The van der Waals surface area contributed by atoms with Gasteiger partial charge in [0.05, 0.1) is 5.69 Å². The van der Waals surface area contributed by atoms with Gasteiger partial charge in [0, 0.05) is 34.8 Å². The minimum absolute atomic E-state index is 0.00580. The Balaban J connectivity index is 1.98. The third kappa shape index (κ3) is 3.67. The van der Waals surface area contributed by atoms with E-state index in [-0.39, 0.29) is 29.6 Å². The molecule has 4 nitrogen and oxygen atoms in total. The molecule has 0 N–H and O–H groups in total. The number of carbonyl (C=O) groups excluding carboxylic acids is 2. The third-order valence-electron chi connectivity index (χ3n) is 5.43. The molecule has 0 aromatic heterocycles. The molecule has 27 heavy (non-hydrogen) atoms. The van der Waals surface area contributed by atoms with Gasteiger partial charge in [0.15, 0.2) is 0 Å². The zero-order chi connectivity index (χ0) is 19.9. The smallest absolute Gasteiger partial charge is 0.261 e. The predicted octanol–water partition coefficient (Wildman–Crippen LogP) is 4.84. The van der Waals surface area contributed by atoms with E-state index in [4.69, 9.17) is 11.6 Å². The molecule has 1 aliphatic heterocycles. The van der Waals surface area contributed by atoms with Crippen molar-refractivity contribution in [2.45, 2.75) is 72.0 Å². The number of carbonyl (C=O) groups is 2. The molecule has 2 amide bonds. The number of rotatable bonds is 5. The van der Waals surface area contributed by atoms with Gasteiger partial charge in [-0.3, -0.25) is 14.5 Å². The van der Waals surface area contributed by atoms with Crippen LogP contribution in [0.1, 0.15) is 58.9 Å². The van der Waals surface area contributed by atoms with Crippen molar-refractivity contribution in [2.75, 3.05) is 4.90 Å². The summed E-state index contributed by atoms with van der Waals surface area (Å²) in [5, 5.41) is 0.305. The van der Waals surface area contributed by atoms with Crippen LogP contribution in [0, 0.1) is 5.82 Å². The van der Waals surface area contributed by atoms with Crippen LogP contribution in [0.5, 0.6) is 0 Å². The van der Waals surface area contributed by atoms with Crippen molar-refractivity contribution in [1.82, 2.24) is 4.90 Å². The quantitative estimate of drug-likeness (QED) is 0.673. The van der Waals surface area contributed by atoms with Crippen molar-refractivity contribution in [1.29, 1.82) is 0 Å². The summed E-state index contributed by atoms with van der Waals surface area (Å²) < 4.78 is 14.7.